The van der Waals surface area contributed by atoms with Crippen LogP contribution in [-0.4, -0.2) is 74.3 Å². The first-order chi connectivity index (χ1) is 39.4. The van der Waals surface area contributed by atoms with Crippen molar-refractivity contribution in [2.75, 3.05) is 40.9 Å². The molecule has 3 unspecified atom stereocenters. The number of hydrogen-bond acceptors (Lipinski definition) is 6. The van der Waals surface area contributed by atoms with Gasteiger partial charge in [-0.25, -0.2) is 4.57 Å². The monoisotopic (exact) mass is 1150 g/mol. The molecule has 2 N–H and O–H groups in total. The van der Waals surface area contributed by atoms with Gasteiger partial charge in [0.2, 0.25) is 5.91 Å². The van der Waals surface area contributed by atoms with E-state index in [0.717, 1.165) is 109 Å². The number of carbonyl (C=O) groups excluding carboxylic acids is 2. The predicted octanol–water partition coefficient (Wildman–Crippen LogP) is 21.1. The summed E-state index contributed by atoms with van der Waals surface area (Å²) in [6.07, 6.45) is 81.2. The normalized spacial score (nSPS) is 14.2. The molecule has 0 bridgehead atoms. The SMILES string of the molecule is CC/C=C\C/C=C\C/C=C\C/C=C\C/C=C\CCCCCCCCCCCCCC(=O)OC(/C=C\CCCCCCCCCCC)C(COP(=O)(O)OCC[N+](C)(C)C)NC(=O)CCCCCCCCC/C=C\C/C=C\CCCCC. The zero-order valence-electron chi connectivity index (χ0n) is 53.5. The van der Waals surface area contributed by atoms with Gasteiger partial charge in [-0.3, -0.25) is 18.6 Å². The van der Waals surface area contributed by atoms with Crippen molar-refractivity contribution in [3.05, 3.63) is 97.2 Å². The van der Waals surface area contributed by atoms with Gasteiger partial charge in [-0.05, 0) is 109 Å². The highest BCUT2D eigenvalue weighted by molar-refractivity contribution is 7.47. The van der Waals surface area contributed by atoms with Gasteiger partial charge in [-0.2, -0.15) is 0 Å². The average molecular weight is 1150 g/mol. The minimum absolute atomic E-state index is 0.0347. The number of unbranched alkanes of at least 4 members (excludes halogenated alkanes) is 30. The van der Waals surface area contributed by atoms with Crippen LogP contribution in [0, 0.1) is 0 Å². The largest absolute Gasteiger partial charge is 0.472 e. The topological polar surface area (TPSA) is 111 Å². The summed E-state index contributed by atoms with van der Waals surface area (Å²) in [6.45, 7) is 6.87. The maximum absolute atomic E-state index is 13.6. The number of hydrogen-bond donors (Lipinski definition) is 2. The van der Waals surface area contributed by atoms with Gasteiger partial charge >= 0.3 is 13.8 Å². The van der Waals surface area contributed by atoms with E-state index in [4.69, 9.17) is 13.8 Å². The molecule has 10 heteroatoms. The van der Waals surface area contributed by atoms with Gasteiger partial charge in [0.05, 0.1) is 33.8 Å². The van der Waals surface area contributed by atoms with E-state index in [0.29, 0.717) is 17.4 Å². The van der Waals surface area contributed by atoms with E-state index in [-0.39, 0.29) is 31.5 Å². The van der Waals surface area contributed by atoms with Crippen LogP contribution in [0.3, 0.4) is 0 Å². The first-order valence-corrected chi connectivity index (χ1v) is 35.1. The number of quaternary nitrogens is 1. The van der Waals surface area contributed by atoms with Gasteiger partial charge in [0.15, 0.2) is 0 Å². The Morgan fingerprint density at radius 1 is 0.444 bits per heavy atom. The Balaban J connectivity index is 5.06. The van der Waals surface area contributed by atoms with Crippen molar-refractivity contribution in [3.63, 3.8) is 0 Å². The number of nitrogens with zero attached hydrogens (tertiary/aromatic N) is 1. The molecule has 0 heterocycles. The summed E-state index contributed by atoms with van der Waals surface area (Å²) in [7, 11) is 1.48. The van der Waals surface area contributed by atoms with Crippen LogP contribution in [0.1, 0.15) is 290 Å². The lowest BCUT2D eigenvalue weighted by Gasteiger charge is -2.27. The number of rotatable bonds is 60. The van der Waals surface area contributed by atoms with Crippen molar-refractivity contribution in [2.24, 2.45) is 0 Å². The minimum atomic E-state index is -4.46. The summed E-state index contributed by atoms with van der Waals surface area (Å²) in [6, 6.07) is -0.858. The lowest BCUT2D eigenvalue weighted by molar-refractivity contribution is -0.870. The van der Waals surface area contributed by atoms with E-state index in [1.54, 1.807) is 0 Å². The molecule has 3 atom stereocenters. The molecular formula is C71H128N2O7P+. The fourth-order valence-corrected chi connectivity index (χ4v) is 10.1. The van der Waals surface area contributed by atoms with Crippen molar-refractivity contribution in [1.29, 1.82) is 0 Å². The standard InChI is InChI=1S/C71H127N2O7P/c1-7-10-13-16-19-22-25-27-29-31-32-33-34-35-36-37-38-39-40-42-44-46-49-52-55-58-61-64-71(75)80-69(62-59-56-53-50-47-24-21-18-15-12-9-3)68(67-79-81(76,77)78-66-65-73(4,5)6)72-70(74)63-60-57-54-51-48-45-43-41-30-28-26-23-20-17-14-11-8-2/h10,13,19-20,22-23,27-30,32-33,35-36,59,62,68-69H,7-9,11-12,14-18,21,24-26,31,34,37-58,60-61,63-67H2,1-6H3,(H-,72,74,76,77)/p+1/b13-10-,22-19-,23-20-,29-27-,30-28-,33-32-,36-35-,62-59-. The van der Waals surface area contributed by atoms with Crippen LogP contribution in [0.15, 0.2) is 97.2 Å². The van der Waals surface area contributed by atoms with E-state index < -0.39 is 20.0 Å². The second-order valence-corrected chi connectivity index (χ2v) is 25.1. The van der Waals surface area contributed by atoms with Crippen LogP contribution >= 0.6 is 7.82 Å². The second-order valence-electron chi connectivity index (χ2n) is 23.6. The molecule has 0 spiro atoms. The summed E-state index contributed by atoms with van der Waals surface area (Å²) in [5.74, 6) is -0.517. The fourth-order valence-electron chi connectivity index (χ4n) is 9.35. The minimum Gasteiger partial charge on any atom is -0.456 e. The van der Waals surface area contributed by atoms with E-state index >= 15 is 0 Å². The van der Waals surface area contributed by atoms with Gasteiger partial charge in [0.1, 0.15) is 19.3 Å². The molecule has 0 rings (SSSR count). The molecule has 0 aromatic carbocycles. The zero-order valence-corrected chi connectivity index (χ0v) is 54.4. The van der Waals surface area contributed by atoms with E-state index in [1.165, 1.54) is 148 Å². The molecule has 0 saturated carbocycles. The average Bonchev–Trinajstić information content (AvgIpc) is 3.44. The first kappa shape index (κ1) is 77.9. The van der Waals surface area contributed by atoms with Crippen LogP contribution in [0.25, 0.3) is 0 Å². The van der Waals surface area contributed by atoms with Crippen molar-refractivity contribution < 1.29 is 37.3 Å². The predicted molar refractivity (Wildman–Crippen MR) is 350 cm³/mol. The Labute approximate surface area is 500 Å². The molecule has 0 aliphatic rings. The van der Waals surface area contributed by atoms with Gasteiger partial charge in [0, 0.05) is 12.8 Å². The van der Waals surface area contributed by atoms with Crippen LogP contribution in [0.5, 0.6) is 0 Å². The molecule has 0 fully saturated rings. The number of carbonyl (C=O) groups is 2. The molecule has 1 amide bonds. The third-order valence-electron chi connectivity index (χ3n) is 14.5. The van der Waals surface area contributed by atoms with E-state index in [9.17, 15) is 19.0 Å². The summed E-state index contributed by atoms with van der Waals surface area (Å²) < 4.78 is 30.7. The van der Waals surface area contributed by atoms with Crippen molar-refractivity contribution in [3.8, 4) is 0 Å². The number of ether oxygens (including phenoxy) is 1. The molecule has 0 aromatic rings. The lowest BCUT2D eigenvalue weighted by atomic mass is 10.0. The highest BCUT2D eigenvalue weighted by Gasteiger charge is 2.30. The Bertz CT molecular complexity index is 1710. The number of likely N-dealkylation sites (N-methyl/N-ethyl adjacent to an activating group) is 1. The molecule has 0 radical (unpaired) electrons. The molecule has 0 aromatic heterocycles. The molecule has 468 valence electrons. The maximum atomic E-state index is 13.6. The number of phosphoric acid groups is 1. The number of amides is 1. The van der Waals surface area contributed by atoms with Gasteiger partial charge in [-0.1, -0.05) is 266 Å². The molecular weight excluding hydrogens is 1020 g/mol. The number of esters is 1. The lowest BCUT2D eigenvalue weighted by Crippen LogP contribution is -2.47. The summed E-state index contributed by atoms with van der Waals surface area (Å²) >= 11 is 0. The van der Waals surface area contributed by atoms with Crippen molar-refractivity contribution in [1.82, 2.24) is 5.32 Å². The molecule has 0 saturated heterocycles. The Morgan fingerprint density at radius 3 is 1.21 bits per heavy atom. The van der Waals surface area contributed by atoms with Crippen LogP contribution in [-0.2, 0) is 27.9 Å². The smallest absolute Gasteiger partial charge is 0.456 e. The number of allylic oxidation sites excluding steroid dienone is 15. The molecule has 9 nitrogen and oxygen atoms in total. The second kappa shape index (κ2) is 60.1. The third kappa shape index (κ3) is 61.3. The van der Waals surface area contributed by atoms with Gasteiger partial charge < -0.3 is 19.4 Å². The third-order valence-corrected chi connectivity index (χ3v) is 15.5. The Morgan fingerprint density at radius 2 is 0.790 bits per heavy atom. The summed E-state index contributed by atoms with van der Waals surface area (Å²) in [4.78, 5) is 37.8. The quantitative estimate of drug-likeness (QED) is 0.0205. The number of phosphoric ester groups is 1. The van der Waals surface area contributed by atoms with Crippen LogP contribution in [0.4, 0.5) is 0 Å². The van der Waals surface area contributed by atoms with E-state index in [1.807, 2.05) is 33.3 Å². The van der Waals surface area contributed by atoms with Gasteiger partial charge in [0.25, 0.3) is 0 Å². The molecule has 0 aliphatic heterocycles. The van der Waals surface area contributed by atoms with Crippen molar-refractivity contribution >= 4 is 19.7 Å². The highest BCUT2D eigenvalue weighted by atomic mass is 31.2. The Kier molecular flexibility index (Phi) is 57.8. The van der Waals surface area contributed by atoms with Crippen LogP contribution in [0.2, 0.25) is 0 Å². The Hall–Kier alpha value is -3.07. The number of nitrogens with one attached hydrogen (secondary N) is 1. The fraction of sp³-hybridized carbons (Fsp3) is 0.746. The summed E-state index contributed by atoms with van der Waals surface area (Å²) in [5, 5.41) is 3.06. The van der Waals surface area contributed by atoms with Crippen LogP contribution < -0.4 is 5.32 Å². The zero-order chi connectivity index (χ0) is 59.3. The molecule has 81 heavy (non-hydrogen) atoms. The highest BCUT2D eigenvalue weighted by Crippen LogP contribution is 2.43. The summed E-state index contributed by atoms with van der Waals surface area (Å²) in [5.41, 5.74) is 0. The molecule has 0 aliphatic carbocycles. The van der Waals surface area contributed by atoms with Gasteiger partial charge in [-0.15, -0.1) is 0 Å². The van der Waals surface area contributed by atoms with Crippen molar-refractivity contribution in [2.45, 2.75) is 303 Å². The first-order valence-electron chi connectivity index (χ1n) is 33.6. The van der Waals surface area contributed by atoms with E-state index in [2.05, 4.69) is 111 Å². The maximum Gasteiger partial charge on any atom is 0.472 e.